The smallest absolute Gasteiger partial charge is 0.261 e. The van der Waals surface area contributed by atoms with Gasteiger partial charge >= 0.3 is 0 Å². The minimum atomic E-state index is -0.0441. The number of nitrogens with zero attached hydrogens (tertiary/aromatic N) is 3. The Bertz CT molecular complexity index is 1080. The molecule has 0 aliphatic heterocycles. The van der Waals surface area contributed by atoms with Crippen molar-refractivity contribution in [3.63, 3.8) is 0 Å². The van der Waals surface area contributed by atoms with Crippen molar-refractivity contribution in [2.75, 3.05) is 0 Å². The number of carbonyl (C=O) groups is 1. The van der Waals surface area contributed by atoms with Gasteiger partial charge in [0, 0.05) is 25.6 Å². The normalized spacial score (nSPS) is 13.7. The van der Waals surface area contributed by atoms with E-state index in [-0.39, 0.29) is 11.5 Å². The summed E-state index contributed by atoms with van der Waals surface area (Å²) in [6.45, 7) is 5.54. The van der Waals surface area contributed by atoms with Gasteiger partial charge in [-0.1, -0.05) is 50.2 Å². The molecule has 156 valence electrons. The predicted octanol–water partition coefficient (Wildman–Crippen LogP) is 4.49. The SMILES string of the molecule is CC(C)c1ccc(CN(C(=O)CCCn2cnc3ccccc3c2=O)C2CC2)cc1. The summed E-state index contributed by atoms with van der Waals surface area (Å²) in [4.78, 5) is 31.9. The Balaban J connectivity index is 1.37. The molecule has 5 nitrogen and oxygen atoms in total. The summed E-state index contributed by atoms with van der Waals surface area (Å²) in [6.07, 6.45) is 4.84. The molecule has 1 saturated carbocycles. The van der Waals surface area contributed by atoms with E-state index in [1.54, 1.807) is 17.0 Å². The van der Waals surface area contributed by atoms with E-state index in [0.29, 0.717) is 48.8 Å². The Morgan fingerprint density at radius 1 is 1.13 bits per heavy atom. The molecule has 0 bridgehead atoms. The van der Waals surface area contributed by atoms with Gasteiger partial charge in [0.2, 0.25) is 5.91 Å². The third-order valence-electron chi connectivity index (χ3n) is 5.83. The van der Waals surface area contributed by atoms with Crippen LogP contribution in [0.2, 0.25) is 0 Å². The first-order valence-electron chi connectivity index (χ1n) is 10.9. The van der Waals surface area contributed by atoms with Gasteiger partial charge in [-0.05, 0) is 48.4 Å². The summed E-state index contributed by atoms with van der Waals surface area (Å²) in [5.41, 5.74) is 3.16. The number of benzene rings is 2. The summed E-state index contributed by atoms with van der Waals surface area (Å²) in [7, 11) is 0. The third-order valence-corrected chi connectivity index (χ3v) is 5.83. The van der Waals surface area contributed by atoms with E-state index in [0.717, 1.165) is 12.8 Å². The molecule has 1 aliphatic carbocycles. The van der Waals surface area contributed by atoms with Gasteiger partial charge in [-0.3, -0.25) is 14.2 Å². The predicted molar refractivity (Wildman–Crippen MR) is 119 cm³/mol. The van der Waals surface area contributed by atoms with Crippen molar-refractivity contribution < 1.29 is 4.79 Å². The average Bonchev–Trinajstić information content (AvgIpc) is 3.59. The second-order valence-corrected chi connectivity index (χ2v) is 8.51. The fraction of sp³-hybridized carbons (Fsp3) is 0.400. The van der Waals surface area contributed by atoms with Crippen LogP contribution in [0.5, 0.6) is 0 Å². The van der Waals surface area contributed by atoms with Gasteiger partial charge in [0.1, 0.15) is 0 Å². The molecule has 0 saturated heterocycles. The molecule has 1 aliphatic rings. The molecule has 3 aromatic rings. The lowest BCUT2D eigenvalue weighted by molar-refractivity contribution is -0.132. The van der Waals surface area contributed by atoms with Gasteiger partial charge in [0.25, 0.3) is 5.56 Å². The van der Waals surface area contributed by atoms with E-state index < -0.39 is 0 Å². The molecular weight excluding hydrogens is 374 g/mol. The molecule has 30 heavy (non-hydrogen) atoms. The molecule has 1 amide bonds. The molecule has 1 heterocycles. The summed E-state index contributed by atoms with van der Waals surface area (Å²) in [6, 6.07) is 16.3. The number of para-hydroxylation sites is 1. The van der Waals surface area contributed by atoms with E-state index in [2.05, 4.69) is 43.1 Å². The Morgan fingerprint density at radius 2 is 1.87 bits per heavy atom. The van der Waals surface area contributed by atoms with Crippen LogP contribution >= 0.6 is 0 Å². The molecule has 1 aromatic heterocycles. The number of hydrogen-bond acceptors (Lipinski definition) is 3. The summed E-state index contributed by atoms with van der Waals surface area (Å²) in [5, 5.41) is 0.621. The Hall–Kier alpha value is -2.95. The monoisotopic (exact) mass is 403 g/mol. The van der Waals surface area contributed by atoms with Crippen molar-refractivity contribution in [2.45, 2.75) is 64.6 Å². The van der Waals surface area contributed by atoms with E-state index in [9.17, 15) is 9.59 Å². The number of rotatable bonds is 8. The molecule has 0 N–H and O–H groups in total. The maximum absolute atomic E-state index is 12.9. The van der Waals surface area contributed by atoms with Crippen LogP contribution in [0.1, 0.15) is 56.6 Å². The Kier molecular flexibility index (Phi) is 5.98. The number of carbonyl (C=O) groups excluding carboxylic acids is 1. The molecule has 5 heteroatoms. The zero-order chi connectivity index (χ0) is 21.1. The number of aryl methyl sites for hydroxylation is 1. The van der Waals surface area contributed by atoms with Crippen molar-refractivity contribution in [3.05, 3.63) is 76.3 Å². The van der Waals surface area contributed by atoms with Gasteiger partial charge in [-0.15, -0.1) is 0 Å². The largest absolute Gasteiger partial charge is 0.335 e. The number of hydrogen-bond donors (Lipinski definition) is 0. The zero-order valence-electron chi connectivity index (χ0n) is 17.8. The van der Waals surface area contributed by atoms with E-state index in [4.69, 9.17) is 0 Å². The van der Waals surface area contributed by atoms with Crippen molar-refractivity contribution in [1.82, 2.24) is 14.5 Å². The first-order chi connectivity index (χ1) is 14.5. The van der Waals surface area contributed by atoms with Crippen LogP contribution in [-0.4, -0.2) is 26.4 Å². The van der Waals surface area contributed by atoms with Crippen LogP contribution in [0.4, 0.5) is 0 Å². The van der Waals surface area contributed by atoms with Crippen LogP contribution in [-0.2, 0) is 17.9 Å². The Labute approximate surface area is 177 Å². The number of amides is 1. The standard InChI is InChI=1S/C25H29N3O2/c1-18(2)20-11-9-19(10-12-20)16-28(21-13-14-21)24(29)8-5-15-27-17-26-23-7-4-3-6-22(23)25(27)30/h3-4,6-7,9-12,17-18,21H,5,8,13-16H2,1-2H3. The van der Waals surface area contributed by atoms with E-state index in [1.807, 2.05) is 23.1 Å². The second kappa shape index (κ2) is 8.82. The molecule has 4 rings (SSSR count). The summed E-state index contributed by atoms with van der Waals surface area (Å²) < 4.78 is 1.61. The van der Waals surface area contributed by atoms with Gasteiger partial charge in [-0.25, -0.2) is 4.98 Å². The van der Waals surface area contributed by atoms with Crippen molar-refractivity contribution in [2.24, 2.45) is 0 Å². The molecule has 0 atom stereocenters. The fourth-order valence-corrected chi connectivity index (χ4v) is 3.82. The van der Waals surface area contributed by atoms with Crippen molar-refractivity contribution in [3.8, 4) is 0 Å². The fourth-order valence-electron chi connectivity index (χ4n) is 3.82. The Morgan fingerprint density at radius 3 is 2.57 bits per heavy atom. The van der Waals surface area contributed by atoms with E-state index in [1.165, 1.54) is 11.1 Å². The third kappa shape index (κ3) is 4.61. The van der Waals surface area contributed by atoms with Crippen LogP contribution in [0, 0.1) is 0 Å². The minimum Gasteiger partial charge on any atom is -0.335 e. The lowest BCUT2D eigenvalue weighted by Crippen LogP contribution is -2.32. The maximum atomic E-state index is 12.9. The summed E-state index contributed by atoms with van der Waals surface area (Å²) >= 11 is 0. The lowest BCUT2D eigenvalue weighted by Gasteiger charge is -2.23. The van der Waals surface area contributed by atoms with Gasteiger partial charge in [0.05, 0.1) is 17.2 Å². The first kappa shape index (κ1) is 20.3. The number of fused-ring (bicyclic) bond motifs is 1. The topological polar surface area (TPSA) is 55.2 Å². The molecule has 0 spiro atoms. The van der Waals surface area contributed by atoms with Crippen LogP contribution in [0.3, 0.4) is 0 Å². The highest BCUT2D eigenvalue weighted by atomic mass is 16.2. The van der Waals surface area contributed by atoms with Gasteiger partial charge in [0.15, 0.2) is 0 Å². The molecule has 1 fully saturated rings. The maximum Gasteiger partial charge on any atom is 0.261 e. The highest BCUT2D eigenvalue weighted by Gasteiger charge is 2.32. The molecule has 2 aromatic carbocycles. The number of aromatic nitrogens is 2. The van der Waals surface area contributed by atoms with Crippen LogP contribution in [0.25, 0.3) is 10.9 Å². The summed E-state index contributed by atoms with van der Waals surface area (Å²) in [5.74, 6) is 0.681. The highest BCUT2D eigenvalue weighted by molar-refractivity contribution is 5.77. The molecule has 0 radical (unpaired) electrons. The van der Waals surface area contributed by atoms with E-state index >= 15 is 0 Å². The van der Waals surface area contributed by atoms with Crippen molar-refractivity contribution >= 4 is 16.8 Å². The first-order valence-corrected chi connectivity index (χ1v) is 10.9. The van der Waals surface area contributed by atoms with Gasteiger partial charge in [-0.2, -0.15) is 0 Å². The quantitative estimate of drug-likeness (QED) is 0.557. The average molecular weight is 404 g/mol. The highest BCUT2D eigenvalue weighted by Crippen LogP contribution is 2.29. The van der Waals surface area contributed by atoms with Crippen LogP contribution < -0.4 is 5.56 Å². The van der Waals surface area contributed by atoms with Crippen LogP contribution in [0.15, 0.2) is 59.7 Å². The molecule has 0 unspecified atom stereocenters. The van der Waals surface area contributed by atoms with Gasteiger partial charge < -0.3 is 4.90 Å². The molecular formula is C25H29N3O2. The second-order valence-electron chi connectivity index (χ2n) is 8.51. The zero-order valence-corrected chi connectivity index (χ0v) is 17.8. The lowest BCUT2D eigenvalue weighted by atomic mass is 10.0. The van der Waals surface area contributed by atoms with Crippen molar-refractivity contribution in [1.29, 1.82) is 0 Å². The minimum absolute atomic E-state index is 0.0441.